The molecule has 132 valence electrons. The molecule has 1 aromatic heterocycles. The second-order valence-corrected chi connectivity index (χ2v) is 8.90. The van der Waals surface area contributed by atoms with E-state index < -0.39 is 5.60 Å². The van der Waals surface area contributed by atoms with E-state index >= 15 is 0 Å². The number of carbonyl (C=O) groups is 1. The van der Waals surface area contributed by atoms with Gasteiger partial charge in [-0.1, -0.05) is 13.8 Å². The van der Waals surface area contributed by atoms with Gasteiger partial charge in [0, 0.05) is 23.5 Å². The lowest BCUT2D eigenvalue weighted by atomic mass is 9.90. The molecule has 1 atom stereocenters. The molecule has 1 amide bonds. The average Bonchev–Trinajstić information content (AvgIpc) is 2.77. The van der Waals surface area contributed by atoms with Gasteiger partial charge in [-0.25, -0.2) is 4.79 Å². The fraction of sp³-hybridized carbons (Fsp3) is 0.722. The molecule has 1 rings (SSSR count). The molecular formula is C18H32N2O2S. The first-order chi connectivity index (χ1) is 10.5. The van der Waals surface area contributed by atoms with E-state index in [0.717, 1.165) is 13.0 Å². The Labute approximate surface area is 145 Å². The zero-order chi connectivity index (χ0) is 17.7. The highest BCUT2D eigenvalue weighted by atomic mass is 32.1. The van der Waals surface area contributed by atoms with E-state index in [1.807, 2.05) is 20.8 Å². The average molecular weight is 341 g/mol. The lowest BCUT2D eigenvalue weighted by molar-refractivity contribution is 0.0507. The van der Waals surface area contributed by atoms with Crippen LogP contribution in [0.15, 0.2) is 11.4 Å². The smallest absolute Gasteiger partial charge is 0.407 e. The molecule has 2 N–H and O–H groups in total. The summed E-state index contributed by atoms with van der Waals surface area (Å²) in [4.78, 5) is 13.3. The van der Waals surface area contributed by atoms with Gasteiger partial charge in [-0.2, -0.15) is 0 Å². The van der Waals surface area contributed by atoms with Crippen LogP contribution in [-0.2, 0) is 11.3 Å². The van der Waals surface area contributed by atoms with Gasteiger partial charge in [-0.05, 0) is 64.0 Å². The first-order valence-electron chi connectivity index (χ1n) is 8.25. The first-order valence-corrected chi connectivity index (χ1v) is 9.13. The summed E-state index contributed by atoms with van der Waals surface area (Å²) >= 11 is 1.77. The Kier molecular flexibility index (Phi) is 7.08. The third kappa shape index (κ3) is 7.84. The monoisotopic (exact) mass is 340 g/mol. The van der Waals surface area contributed by atoms with Crippen LogP contribution < -0.4 is 10.6 Å². The summed E-state index contributed by atoms with van der Waals surface area (Å²) in [6, 6.07) is 2.14. The van der Waals surface area contributed by atoms with E-state index in [4.69, 9.17) is 4.74 Å². The van der Waals surface area contributed by atoms with Gasteiger partial charge in [0.15, 0.2) is 0 Å². The number of ether oxygens (including phenoxy) is 1. The van der Waals surface area contributed by atoms with Crippen molar-refractivity contribution >= 4 is 17.4 Å². The molecule has 0 saturated carbocycles. The summed E-state index contributed by atoms with van der Waals surface area (Å²) in [6.07, 6.45) is 0.620. The highest BCUT2D eigenvalue weighted by molar-refractivity contribution is 7.10. The molecule has 4 nitrogen and oxygen atoms in total. The van der Waals surface area contributed by atoms with Crippen molar-refractivity contribution in [3.8, 4) is 0 Å². The normalized spacial score (nSPS) is 14.6. The zero-order valence-electron chi connectivity index (χ0n) is 15.6. The summed E-state index contributed by atoms with van der Waals surface area (Å²) in [6.45, 7) is 15.7. The topological polar surface area (TPSA) is 50.4 Å². The number of thiophene rings is 1. The maximum atomic E-state index is 11.9. The largest absolute Gasteiger partial charge is 0.444 e. The van der Waals surface area contributed by atoms with Gasteiger partial charge in [0.2, 0.25) is 0 Å². The van der Waals surface area contributed by atoms with Crippen molar-refractivity contribution in [2.24, 2.45) is 5.92 Å². The van der Waals surface area contributed by atoms with Crippen molar-refractivity contribution in [2.75, 3.05) is 6.54 Å². The molecule has 0 spiro atoms. The molecule has 1 aromatic rings. The number of hydrogen-bond donors (Lipinski definition) is 2. The van der Waals surface area contributed by atoms with Gasteiger partial charge in [-0.15, -0.1) is 11.3 Å². The zero-order valence-corrected chi connectivity index (χ0v) is 16.4. The molecule has 1 unspecified atom stereocenters. The summed E-state index contributed by atoms with van der Waals surface area (Å²) < 4.78 is 5.33. The van der Waals surface area contributed by atoms with Gasteiger partial charge in [0.25, 0.3) is 0 Å². The molecule has 0 aliphatic rings. The molecule has 0 aromatic carbocycles. The number of hydrogen-bond acceptors (Lipinski definition) is 4. The highest BCUT2D eigenvalue weighted by Gasteiger charge is 2.27. The van der Waals surface area contributed by atoms with Crippen LogP contribution in [0, 0.1) is 12.8 Å². The molecule has 0 saturated heterocycles. The fourth-order valence-electron chi connectivity index (χ4n) is 2.57. The Bertz CT molecular complexity index is 505. The maximum absolute atomic E-state index is 11.9. The van der Waals surface area contributed by atoms with E-state index in [2.05, 4.69) is 49.8 Å². The highest BCUT2D eigenvalue weighted by Crippen LogP contribution is 2.20. The quantitative estimate of drug-likeness (QED) is 0.769. The summed E-state index contributed by atoms with van der Waals surface area (Å²) in [7, 11) is 0. The van der Waals surface area contributed by atoms with Crippen molar-refractivity contribution < 1.29 is 9.53 Å². The summed E-state index contributed by atoms with van der Waals surface area (Å²) in [5.41, 5.74) is 0.677. The van der Waals surface area contributed by atoms with Crippen LogP contribution >= 0.6 is 11.3 Å². The Hall–Kier alpha value is -1.07. The van der Waals surface area contributed by atoms with Gasteiger partial charge >= 0.3 is 6.09 Å². The van der Waals surface area contributed by atoms with Gasteiger partial charge in [0.1, 0.15) is 5.60 Å². The number of amides is 1. The minimum atomic E-state index is -0.472. The van der Waals surface area contributed by atoms with Crippen LogP contribution in [0.4, 0.5) is 4.79 Å². The molecule has 1 heterocycles. The SMILES string of the molecule is Cc1ccsc1CNC(C)(CNC(=O)OC(C)(C)C)CC(C)C. The molecule has 0 radical (unpaired) electrons. The molecule has 23 heavy (non-hydrogen) atoms. The maximum Gasteiger partial charge on any atom is 0.407 e. The van der Waals surface area contributed by atoms with Crippen LogP contribution in [0.25, 0.3) is 0 Å². The lowest BCUT2D eigenvalue weighted by Gasteiger charge is -2.33. The van der Waals surface area contributed by atoms with E-state index in [9.17, 15) is 4.79 Å². The Morgan fingerprint density at radius 3 is 2.43 bits per heavy atom. The van der Waals surface area contributed by atoms with Gasteiger partial charge in [0.05, 0.1) is 0 Å². The third-order valence-electron chi connectivity index (χ3n) is 3.52. The van der Waals surface area contributed by atoms with Crippen molar-refractivity contribution in [1.82, 2.24) is 10.6 Å². The number of alkyl carbamates (subject to hydrolysis) is 1. The first kappa shape index (κ1) is 20.0. The number of aryl methyl sites for hydroxylation is 1. The van der Waals surface area contributed by atoms with Crippen molar-refractivity contribution in [2.45, 2.75) is 72.6 Å². The van der Waals surface area contributed by atoms with Crippen molar-refractivity contribution in [3.05, 3.63) is 21.9 Å². The summed E-state index contributed by atoms with van der Waals surface area (Å²) in [5, 5.41) is 8.65. The third-order valence-corrected chi connectivity index (χ3v) is 4.55. The lowest BCUT2D eigenvalue weighted by Crippen LogP contribution is -2.52. The second kappa shape index (κ2) is 8.15. The number of nitrogens with one attached hydrogen (secondary N) is 2. The van der Waals surface area contributed by atoms with E-state index in [1.54, 1.807) is 11.3 Å². The van der Waals surface area contributed by atoms with Crippen molar-refractivity contribution in [1.29, 1.82) is 0 Å². The van der Waals surface area contributed by atoms with Crippen LogP contribution in [0.5, 0.6) is 0 Å². The standard InChI is InChI=1S/C18H32N2O2S/c1-13(2)10-18(7,12-19-16(21)22-17(4,5)6)20-11-15-14(3)8-9-23-15/h8-9,13,20H,10-12H2,1-7H3,(H,19,21). The molecule has 0 fully saturated rings. The molecule has 0 aliphatic heterocycles. The molecular weight excluding hydrogens is 308 g/mol. The van der Waals surface area contributed by atoms with Crippen LogP contribution in [-0.4, -0.2) is 23.8 Å². The van der Waals surface area contributed by atoms with E-state index in [0.29, 0.717) is 12.5 Å². The molecule has 0 bridgehead atoms. The minimum Gasteiger partial charge on any atom is -0.444 e. The van der Waals surface area contributed by atoms with Gasteiger partial charge < -0.3 is 15.4 Å². The fourth-order valence-corrected chi connectivity index (χ4v) is 3.41. The van der Waals surface area contributed by atoms with Crippen LogP contribution in [0.1, 0.15) is 58.4 Å². The predicted molar refractivity (Wildman–Crippen MR) is 98.0 cm³/mol. The van der Waals surface area contributed by atoms with Gasteiger partial charge in [-0.3, -0.25) is 0 Å². The molecule has 5 heteroatoms. The predicted octanol–water partition coefficient (Wildman–Crippen LogP) is 4.48. The van der Waals surface area contributed by atoms with Crippen LogP contribution in [0.3, 0.4) is 0 Å². The van der Waals surface area contributed by atoms with E-state index in [1.165, 1.54) is 10.4 Å². The van der Waals surface area contributed by atoms with Crippen molar-refractivity contribution in [3.63, 3.8) is 0 Å². The Morgan fingerprint density at radius 1 is 1.30 bits per heavy atom. The number of rotatable bonds is 7. The minimum absolute atomic E-state index is 0.165. The van der Waals surface area contributed by atoms with E-state index in [-0.39, 0.29) is 11.6 Å². The second-order valence-electron chi connectivity index (χ2n) is 7.89. The van der Waals surface area contributed by atoms with Crippen LogP contribution in [0.2, 0.25) is 0 Å². The Balaban J connectivity index is 2.62. The Morgan fingerprint density at radius 2 is 1.96 bits per heavy atom. The summed E-state index contributed by atoms with van der Waals surface area (Å²) in [5.74, 6) is 0.539. The number of carbonyl (C=O) groups excluding carboxylic acids is 1. The molecule has 0 aliphatic carbocycles.